The number of rotatable bonds is 9. The van der Waals surface area contributed by atoms with E-state index >= 15 is 0 Å². The van der Waals surface area contributed by atoms with Crippen molar-refractivity contribution in [3.05, 3.63) is 23.8 Å². The van der Waals surface area contributed by atoms with E-state index in [0.717, 1.165) is 43.7 Å². The van der Waals surface area contributed by atoms with E-state index in [1.807, 2.05) is 36.9 Å². The van der Waals surface area contributed by atoms with Gasteiger partial charge in [0.1, 0.15) is 5.75 Å². The maximum atomic E-state index is 12.0. The number of anilines is 1. The summed E-state index contributed by atoms with van der Waals surface area (Å²) < 4.78 is 5.63. The summed E-state index contributed by atoms with van der Waals surface area (Å²) in [6.07, 6.45) is 3.37. The van der Waals surface area contributed by atoms with Gasteiger partial charge in [-0.15, -0.1) is 0 Å². The minimum Gasteiger partial charge on any atom is -0.491 e. The van der Waals surface area contributed by atoms with Crippen molar-refractivity contribution < 1.29 is 9.53 Å². The Morgan fingerprint density at radius 2 is 1.95 bits per heavy atom. The molecule has 1 aromatic carbocycles. The lowest BCUT2D eigenvalue weighted by Gasteiger charge is -2.18. The van der Waals surface area contributed by atoms with E-state index in [1.54, 1.807) is 0 Å². The van der Waals surface area contributed by atoms with E-state index < -0.39 is 0 Å². The molecule has 4 nitrogen and oxygen atoms in total. The van der Waals surface area contributed by atoms with Crippen LogP contribution < -0.4 is 10.5 Å². The fourth-order valence-corrected chi connectivity index (χ4v) is 2.20. The Morgan fingerprint density at radius 1 is 1.24 bits per heavy atom. The molecule has 0 atom stereocenters. The molecule has 1 rings (SSSR count). The molecule has 0 radical (unpaired) electrons. The molecule has 0 aromatic heterocycles. The third kappa shape index (κ3) is 5.66. The lowest BCUT2D eigenvalue weighted by atomic mass is 10.1. The van der Waals surface area contributed by atoms with Crippen molar-refractivity contribution in [2.24, 2.45) is 0 Å². The van der Waals surface area contributed by atoms with Crippen LogP contribution in [-0.2, 0) is 11.2 Å². The number of unbranched alkanes of at least 4 members (excludes halogenated alkanes) is 1. The first-order valence-electron chi connectivity index (χ1n) is 7.91. The summed E-state index contributed by atoms with van der Waals surface area (Å²) >= 11 is 0. The number of carbonyl (C=O) groups excluding carboxylic acids is 1. The highest BCUT2D eigenvalue weighted by atomic mass is 16.5. The number of hydrogen-bond donors (Lipinski definition) is 1. The van der Waals surface area contributed by atoms with Gasteiger partial charge in [0, 0.05) is 19.5 Å². The zero-order valence-corrected chi connectivity index (χ0v) is 13.5. The summed E-state index contributed by atoms with van der Waals surface area (Å²) in [6.45, 7) is 8.36. The van der Waals surface area contributed by atoms with Gasteiger partial charge in [0.25, 0.3) is 0 Å². The number of ether oxygens (including phenoxy) is 1. The molecule has 0 saturated heterocycles. The second kappa shape index (κ2) is 9.27. The molecule has 118 valence electrons. The average Bonchev–Trinajstić information content (AvgIpc) is 2.48. The number of hydrogen-bond acceptors (Lipinski definition) is 3. The number of nitrogens with zero attached hydrogens (tertiary/aromatic N) is 1. The molecule has 4 heteroatoms. The standard InChI is InChI=1S/C17H28N2O2/c1-4-7-12-21-16-10-8-14(13-15(16)18)9-11-17(20)19(5-2)6-3/h8,10,13H,4-7,9,11-12,18H2,1-3H3. The normalized spacial score (nSPS) is 10.4. The van der Waals surface area contributed by atoms with E-state index in [2.05, 4.69) is 6.92 Å². The molecular weight excluding hydrogens is 264 g/mol. The molecule has 0 aliphatic heterocycles. The smallest absolute Gasteiger partial charge is 0.222 e. The van der Waals surface area contributed by atoms with Crippen LogP contribution in [0, 0.1) is 0 Å². The Labute approximate surface area is 128 Å². The fraction of sp³-hybridized carbons (Fsp3) is 0.588. The Bertz CT molecular complexity index is 442. The third-order valence-corrected chi connectivity index (χ3v) is 3.57. The van der Waals surface area contributed by atoms with Gasteiger partial charge in [-0.25, -0.2) is 0 Å². The summed E-state index contributed by atoms with van der Waals surface area (Å²) in [6, 6.07) is 5.81. The highest BCUT2D eigenvalue weighted by molar-refractivity contribution is 5.76. The van der Waals surface area contributed by atoms with E-state index in [9.17, 15) is 4.79 Å². The molecule has 2 N–H and O–H groups in total. The van der Waals surface area contributed by atoms with E-state index in [4.69, 9.17) is 10.5 Å². The van der Waals surface area contributed by atoms with Crippen molar-refractivity contribution in [1.82, 2.24) is 4.90 Å². The molecule has 0 saturated carbocycles. The minimum absolute atomic E-state index is 0.196. The first kappa shape index (κ1) is 17.3. The molecule has 0 unspecified atom stereocenters. The van der Waals surface area contributed by atoms with Crippen LogP contribution in [0.3, 0.4) is 0 Å². The molecule has 1 amide bonds. The van der Waals surface area contributed by atoms with E-state index in [0.29, 0.717) is 18.7 Å². The van der Waals surface area contributed by atoms with Crippen LogP contribution in [0.1, 0.15) is 45.6 Å². The third-order valence-electron chi connectivity index (χ3n) is 3.57. The average molecular weight is 292 g/mol. The summed E-state index contributed by atoms with van der Waals surface area (Å²) in [5.41, 5.74) is 7.73. The van der Waals surface area contributed by atoms with Crippen LogP contribution in [-0.4, -0.2) is 30.5 Å². The van der Waals surface area contributed by atoms with Gasteiger partial charge in [0.2, 0.25) is 5.91 Å². The van der Waals surface area contributed by atoms with Gasteiger partial charge in [0.15, 0.2) is 0 Å². The van der Waals surface area contributed by atoms with Gasteiger partial charge in [0.05, 0.1) is 12.3 Å². The van der Waals surface area contributed by atoms with Crippen molar-refractivity contribution in [1.29, 1.82) is 0 Å². The zero-order valence-electron chi connectivity index (χ0n) is 13.5. The summed E-state index contributed by atoms with van der Waals surface area (Å²) in [7, 11) is 0. The SMILES string of the molecule is CCCCOc1ccc(CCC(=O)N(CC)CC)cc1N. The lowest BCUT2D eigenvalue weighted by Crippen LogP contribution is -2.30. The first-order valence-corrected chi connectivity index (χ1v) is 7.91. The van der Waals surface area contributed by atoms with Crippen molar-refractivity contribution in [2.75, 3.05) is 25.4 Å². The van der Waals surface area contributed by atoms with Crippen LogP contribution >= 0.6 is 0 Å². The Morgan fingerprint density at radius 3 is 2.52 bits per heavy atom. The molecule has 0 aliphatic carbocycles. The van der Waals surface area contributed by atoms with Crippen molar-refractivity contribution in [3.63, 3.8) is 0 Å². The predicted octanol–water partition coefficient (Wildman–Crippen LogP) is 3.25. The number of nitrogens with two attached hydrogens (primary N) is 1. The molecule has 1 aromatic rings. The zero-order chi connectivity index (χ0) is 15.7. The van der Waals surface area contributed by atoms with Gasteiger partial charge < -0.3 is 15.4 Å². The number of carbonyl (C=O) groups is 1. The highest BCUT2D eigenvalue weighted by Gasteiger charge is 2.10. The van der Waals surface area contributed by atoms with E-state index in [1.165, 1.54) is 0 Å². The van der Waals surface area contributed by atoms with Crippen LogP contribution in [0.5, 0.6) is 5.75 Å². The number of benzene rings is 1. The summed E-state index contributed by atoms with van der Waals surface area (Å²) in [4.78, 5) is 13.8. The van der Waals surface area contributed by atoms with Gasteiger partial charge in [-0.2, -0.15) is 0 Å². The molecule has 0 aliphatic rings. The van der Waals surface area contributed by atoms with Crippen LogP contribution in [0.4, 0.5) is 5.69 Å². The van der Waals surface area contributed by atoms with E-state index in [-0.39, 0.29) is 5.91 Å². The quantitative estimate of drug-likeness (QED) is 0.561. The maximum absolute atomic E-state index is 12.0. The molecule has 21 heavy (non-hydrogen) atoms. The Kier molecular flexibility index (Phi) is 7.65. The fourth-order valence-electron chi connectivity index (χ4n) is 2.20. The number of amides is 1. The van der Waals surface area contributed by atoms with Gasteiger partial charge in [-0.3, -0.25) is 4.79 Å². The summed E-state index contributed by atoms with van der Waals surface area (Å²) in [5.74, 6) is 0.934. The molecule has 0 spiro atoms. The second-order valence-corrected chi connectivity index (χ2v) is 5.14. The van der Waals surface area contributed by atoms with Crippen molar-refractivity contribution in [2.45, 2.75) is 46.5 Å². The number of nitrogen functional groups attached to an aromatic ring is 1. The second-order valence-electron chi connectivity index (χ2n) is 5.14. The van der Waals surface area contributed by atoms with Crippen molar-refractivity contribution >= 4 is 11.6 Å². The maximum Gasteiger partial charge on any atom is 0.222 e. The van der Waals surface area contributed by atoms with Crippen LogP contribution in [0.2, 0.25) is 0 Å². The van der Waals surface area contributed by atoms with Gasteiger partial charge in [-0.05, 0) is 44.4 Å². The lowest BCUT2D eigenvalue weighted by molar-refractivity contribution is -0.130. The predicted molar refractivity (Wildman–Crippen MR) is 87.5 cm³/mol. The monoisotopic (exact) mass is 292 g/mol. The number of aryl methyl sites for hydroxylation is 1. The van der Waals surface area contributed by atoms with Gasteiger partial charge >= 0.3 is 0 Å². The van der Waals surface area contributed by atoms with Crippen molar-refractivity contribution in [3.8, 4) is 5.75 Å². The van der Waals surface area contributed by atoms with Gasteiger partial charge in [-0.1, -0.05) is 19.4 Å². The first-order chi connectivity index (χ1) is 10.1. The largest absolute Gasteiger partial charge is 0.491 e. The van der Waals surface area contributed by atoms with Crippen LogP contribution in [0.15, 0.2) is 18.2 Å². The minimum atomic E-state index is 0.196. The topological polar surface area (TPSA) is 55.6 Å². The Balaban J connectivity index is 2.53. The summed E-state index contributed by atoms with van der Waals surface area (Å²) in [5, 5.41) is 0. The molecule has 0 bridgehead atoms. The molecular formula is C17H28N2O2. The molecule has 0 heterocycles. The highest BCUT2D eigenvalue weighted by Crippen LogP contribution is 2.23. The Hall–Kier alpha value is -1.71. The molecule has 0 fully saturated rings. The van der Waals surface area contributed by atoms with Crippen LogP contribution in [0.25, 0.3) is 0 Å².